The average molecular weight is 257 g/mol. The topological polar surface area (TPSA) is 20.2 Å². The average Bonchev–Trinajstić information content (AvgIpc) is 2.26. The van der Waals surface area contributed by atoms with E-state index < -0.39 is 0 Å². The van der Waals surface area contributed by atoms with E-state index in [0.717, 1.165) is 12.8 Å². The molecule has 1 rings (SSSR count). The molecule has 0 saturated heterocycles. The maximum atomic E-state index is 9.79. The Morgan fingerprint density at radius 2 is 1.79 bits per heavy atom. The van der Waals surface area contributed by atoms with Crippen molar-refractivity contribution in [3.8, 4) is 0 Å². The van der Waals surface area contributed by atoms with Crippen molar-refractivity contribution >= 4 is 19.4 Å². The molecule has 0 amide bonds. The van der Waals surface area contributed by atoms with Gasteiger partial charge in [-0.1, -0.05) is 0 Å². The Bertz CT molecular complexity index is 248. The van der Waals surface area contributed by atoms with Gasteiger partial charge in [0.25, 0.3) is 0 Å². The summed E-state index contributed by atoms with van der Waals surface area (Å²) >= 11 is 0.408. The number of hydrogen-bond acceptors (Lipinski definition) is 1. The molecule has 1 aromatic carbocycles. The predicted molar refractivity (Wildman–Crippen MR) is 62.2 cm³/mol. The number of rotatable bonds is 5. The Balaban J connectivity index is 2.57. The molecule has 2 atom stereocenters. The molecule has 0 fully saturated rings. The molecule has 1 aromatic rings. The van der Waals surface area contributed by atoms with Crippen molar-refractivity contribution < 1.29 is 5.11 Å². The van der Waals surface area contributed by atoms with E-state index in [0.29, 0.717) is 19.8 Å². The molecule has 0 saturated carbocycles. The molecular weight excluding hydrogens is 239 g/mol. The number of benzene rings is 1. The standard InChI is InChI=1S/C12H18OSe/c1-3-11(13)12(4-2)14-10-8-6-5-7-9-10/h5-9,11-13H,3-4H2,1-2H3/t11-,12-/m1/s1. The molecule has 1 N–H and O–H groups in total. The van der Waals surface area contributed by atoms with Gasteiger partial charge in [0.15, 0.2) is 0 Å². The minimum atomic E-state index is -0.125. The molecule has 1 nitrogen and oxygen atoms in total. The summed E-state index contributed by atoms with van der Waals surface area (Å²) in [6.07, 6.45) is 1.82. The summed E-state index contributed by atoms with van der Waals surface area (Å²) in [5.41, 5.74) is 0. The van der Waals surface area contributed by atoms with E-state index in [4.69, 9.17) is 0 Å². The molecule has 78 valence electrons. The quantitative estimate of drug-likeness (QED) is 0.800. The van der Waals surface area contributed by atoms with Gasteiger partial charge in [-0.25, -0.2) is 0 Å². The molecule has 0 aliphatic heterocycles. The van der Waals surface area contributed by atoms with Gasteiger partial charge in [0.2, 0.25) is 0 Å². The second kappa shape index (κ2) is 6.23. The summed E-state index contributed by atoms with van der Waals surface area (Å²) in [6, 6.07) is 10.5. The van der Waals surface area contributed by atoms with Crippen LogP contribution in [0.1, 0.15) is 26.7 Å². The Morgan fingerprint density at radius 1 is 1.14 bits per heavy atom. The van der Waals surface area contributed by atoms with Crippen molar-refractivity contribution in [1.29, 1.82) is 0 Å². The van der Waals surface area contributed by atoms with Gasteiger partial charge < -0.3 is 0 Å². The third-order valence-electron chi connectivity index (χ3n) is 2.28. The van der Waals surface area contributed by atoms with Crippen molar-refractivity contribution in [1.82, 2.24) is 0 Å². The van der Waals surface area contributed by atoms with E-state index in [1.165, 1.54) is 4.46 Å². The van der Waals surface area contributed by atoms with Gasteiger partial charge in [-0.2, -0.15) is 0 Å². The van der Waals surface area contributed by atoms with Gasteiger partial charge in [-0.3, -0.25) is 0 Å². The van der Waals surface area contributed by atoms with E-state index >= 15 is 0 Å². The fourth-order valence-electron chi connectivity index (χ4n) is 1.37. The van der Waals surface area contributed by atoms with Crippen LogP contribution in [0.5, 0.6) is 0 Å². The van der Waals surface area contributed by atoms with Gasteiger partial charge >= 0.3 is 92.5 Å². The Labute approximate surface area is 92.7 Å². The van der Waals surface area contributed by atoms with Crippen LogP contribution in [0.15, 0.2) is 30.3 Å². The van der Waals surface area contributed by atoms with Crippen molar-refractivity contribution in [3.05, 3.63) is 30.3 Å². The summed E-state index contributed by atoms with van der Waals surface area (Å²) in [6.45, 7) is 4.21. The van der Waals surface area contributed by atoms with Crippen LogP contribution >= 0.6 is 0 Å². The number of aliphatic hydroxyl groups excluding tert-OH is 1. The van der Waals surface area contributed by atoms with Crippen molar-refractivity contribution in [3.63, 3.8) is 0 Å². The first-order valence-corrected chi connectivity index (χ1v) is 7.02. The van der Waals surface area contributed by atoms with Gasteiger partial charge in [0.05, 0.1) is 0 Å². The van der Waals surface area contributed by atoms with Crippen molar-refractivity contribution in [2.75, 3.05) is 0 Å². The minimum absolute atomic E-state index is 0.125. The maximum absolute atomic E-state index is 9.79. The molecule has 0 unspecified atom stereocenters. The molecular formula is C12H18OSe. The zero-order chi connectivity index (χ0) is 10.4. The fourth-order valence-corrected chi connectivity index (χ4v) is 3.85. The Kier molecular flexibility index (Phi) is 5.24. The monoisotopic (exact) mass is 258 g/mol. The summed E-state index contributed by atoms with van der Waals surface area (Å²) in [5, 5.41) is 9.79. The normalized spacial score (nSPS) is 15.1. The van der Waals surface area contributed by atoms with Crippen LogP contribution in [0, 0.1) is 0 Å². The molecule has 14 heavy (non-hydrogen) atoms. The molecule has 0 aliphatic rings. The molecule has 0 spiro atoms. The first kappa shape index (κ1) is 11.8. The second-order valence-electron chi connectivity index (χ2n) is 3.35. The second-order valence-corrected chi connectivity index (χ2v) is 6.11. The summed E-state index contributed by atoms with van der Waals surface area (Å²) in [7, 11) is 0. The third kappa shape index (κ3) is 3.45. The van der Waals surface area contributed by atoms with E-state index in [1.807, 2.05) is 6.07 Å². The van der Waals surface area contributed by atoms with E-state index in [-0.39, 0.29) is 6.10 Å². The van der Waals surface area contributed by atoms with E-state index in [1.54, 1.807) is 0 Å². The van der Waals surface area contributed by atoms with Crippen molar-refractivity contribution in [2.45, 2.75) is 37.6 Å². The van der Waals surface area contributed by atoms with Crippen LogP contribution in [-0.4, -0.2) is 26.2 Å². The van der Waals surface area contributed by atoms with Crippen LogP contribution < -0.4 is 4.46 Å². The summed E-state index contributed by atoms with van der Waals surface area (Å²) < 4.78 is 1.39. The zero-order valence-electron chi connectivity index (χ0n) is 8.81. The van der Waals surface area contributed by atoms with Gasteiger partial charge in [0.1, 0.15) is 0 Å². The summed E-state index contributed by atoms with van der Waals surface area (Å²) in [4.78, 5) is 0.468. The molecule has 0 bridgehead atoms. The summed E-state index contributed by atoms with van der Waals surface area (Å²) in [5.74, 6) is 0. The molecule has 0 heterocycles. The SMILES string of the molecule is CC[C@@H](O)[C@@H](CC)[Se]c1ccccc1. The van der Waals surface area contributed by atoms with Crippen LogP contribution in [0.25, 0.3) is 0 Å². The first-order valence-electron chi connectivity index (χ1n) is 5.17. The zero-order valence-corrected chi connectivity index (χ0v) is 10.5. The molecule has 0 radical (unpaired) electrons. The van der Waals surface area contributed by atoms with Gasteiger partial charge in [-0.15, -0.1) is 0 Å². The van der Waals surface area contributed by atoms with Gasteiger partial charge in [0, 0.05) is 0 Å². The van der Waals surface area contributed by atoms with Gasteiger partial charge in [-0.05, 0) is 0 Å². The van der Waals surface area contributed by atoms with Crippen LogP contribution in [0.4, 0.5) is 0 Å². The van der Waals surface area contributed by atoms with Crippen LogP contribution in [-0.2, 0) is 0 Å². The first-order chi connectivity index (χ1) is 6.77. The van der Waals surface area contributed by atoms with Crippen LogP contribution in [0.3, 0.4) is 0 Å². The van der Waals surface area contributed by atoms with E-state index in [2.05, 4.69) is 38.1 Å². The van der Waals surface area contributed by atoms with Crippen molar-refractivity contribution in [2.24, 2.45) is 0 Å². The van der Waals surface area contributed by atoms with E-state index in [9.17, 15) is 5.11 Å². The fraction of sp³-hybridized carbons (Fsp3) is 0.500. The molecule has 0 aromatic heterocycles. The number of aliphatic hydroxyl groups is 1. The van der Waals surface area contributed by atoms with Crippen LogP contribution in [0.2, 0.25) is 4.82 Å². The Morgan fingerprint density at radius 3 is 2.29 bits per heavy atom. The molecule has 0 aliphatic carbocycles. The predicted octanol–water partition coefficient (Wildman–Crippen LogP) is 1.99. The number of hydrogen-bond donors (Lipinski definition) is 1. The third-order valence-corrected chi connectivity index (χ3v) is 5.42. The Hall–Kier alpha value is -0.301. The molecule has 2 heteroatoms.